The number of nitrogens with zero attached hydrogens (tertiary/aromatic N) is 4. The van der Waals surface area contributed by atoms with Crippen LogP contribution in [0.3, 0.4) is 0 Å². The number of hydrogen-bond acceptors (Lipinski definition) is 5. The van der Waals surface area contributed by atoms with E-state index in [2.05, 4.69) is 80.8 Å². The first-order valence-corrected chi connectivity index (χ1v) is 11.3. The van der Waals surface area contributed by atoms with E-state index in [-0.39, 0.29) is 5.41 Å². The van der Waals surface area contributed by atoms with E-state index >= 15 is 0 Å². The maximum Gasteiger partial charge on any atom is 0.191 e. The fraction of sp³-hybridized carbons (Fsp3) is 0.545. The zero-order chi connectivity index (χ0) is 20.7. The molecule has 0 radical (unpaired) electrons. The van der Waals surface area contributed by atoms with Crippen LogP contribution >= 0.6 is 11.3 Å². The summed E-state index contributed by atoms with van der Waals surface area (Å²) in [7, 11) is 1.82. The van der Waals surface area contributed by atoms with Crippen molar-refractivity contribution in [2.24, 2.45) is 4.99 Å². The number of rotatable bonds is 7. The topological polar surface area (TPSA) is 55.8 Å². The molecule has 0 aromatic carbocycles. The quantitative estimate of drug-likeness (QED) is 0.539. The Morgan fingerprint density at radius 3 is 2.66 bits per heavy atom. The van der Waals surface area contributed by atoms with Crippen LogP contribution in [0.5, 0.6) is 0 Å². The van der Waals surface area contributed by atoms with Crippen LogP contribution in [0.25, 0.3) is 0 Å². The van der Waals surface area contributed by atoms with Gasteiger partial charge in [0.1, 0.15) is 5.82 Å². The highest BCUT2D eigenvalue weighted by Gasteiger charge is 2.22. The monoisotopic (exact) mass is 414 g/mol. The van der Waals surface area contributed by atoms with Gasteiger partial charge in [-0.25, -0.2) is 4.98 Å². The van der Waals surface area contributed by atoms with E-state index in [4.69, 9.17) is 0 Å². The number of aliphatic imine (C=N–C) groups is 1. The Bertz CT molecular complexity index is 778. The fourth-order valence-electron chi connectivity index (χ4n) is 3.50. The van der Waals surface area contributed by atoms with Gasteiger partial charge in [-0.3, -0.25) is 4.99 Å². The van der Waals surface area contributed by atoms with Crippen molar-refractivity contribution in [3.05, 3.63) is 46.3 Å². The number of piperazine rings is 1. The minimum Gasteiger partial charge on any atom is -0.356 e. The fourth-order valence-corrected chi connectivity index (χ4v) is 4.35. The van der Waals surface area contributed by atoms with Gasteiger partial charge in [-0.2, -0.15) is 0 Å². The summed E-state index contributed by atoms with van der Waals surface area (Å²) in [5.74, 6) is 1.89. The van der Waals surface area contributed by atoms with Crippen molar-refractivity contribution >= 4 is 23.1 Å². The Morgan fingerprint density at radius 2 is 2.00 bits per heavy atom. The van der Waals surface area contributed by atoms with Gasteiger partial charge in [0.2, 0.25) is 0 Å². The van der Waals surface area contributed by atoms with Gasteiger partial charge in [-0.15, -0.1) is 11.3 Å². The highest BCUT2D eigenvalue weighted by Crippen LogP contribution is 2.26. The molecule has 2 aromatic heterocycles. The molecule has 2 N–H and O–H groups in total. The van der Waals surface area contributed by atoms with Crippen molar-refractivity contribution in [2.75, 3.05) is 51.2 Å². The Hall–Kier alpha value is -2.12. The predicted octanol–water partition coefficient (Wildman–Crippen LogP) is 2.93. The third-order valence-corrected chi connectivity index (χ3v) is 6.76. The van der Waals surface area contributed by atoms with Crippen LogP contribution in [0.15, 0.2) is 40.8 Å². The Balaban J connectivity index is 1.52. The molecule has 1 saturated heterocycles. The maximum absolute atomic E-state index is 4.59. The molecule has 0 spiro atoms. The van der Waals surface area contributed by atoms with E-state index in [1.807, 2.05) is 13.2 Å². The SMILES string of the molecule is CCN1CCN(c2cc(CNC(=NC)NCC(C)(C)c3cccs3)ccn2)CC1. The lowest BCUT2D eigenvalue weighted by atomic mass is 9.91. The molecule has 0 amide bonds. The maximum atomic E-state index is 4.59. The lowest BCUT2D eigenvalue weighted by Gasteiger charge is -2.34. The summed E-state index contributed by atoms with van der Waals surface area (Å²) in [6.07, 6.45) is 1.91. The number of likely N-dealkylation sites (N-methyl/N-ethyl adjacent to an activating group) is 1. The molecule has 29 heavy (non-hydrogen) atoms. The average molecular weight is 415 g/mol. The Morgan fingerprint density at radius 1 is 1.21 bits per heavy atom. The number of thiophene rings is 1. The van der Waals surface area contributed by atoms with Crippen molar-refractivity contribution in [3.63, 3.8) is 0 Å². The third kappa shape index (κ3) is 5.93. The summed E-state index contributed by atoms with van der Waals surface area (Å²) >= 11 is 1.80. The highest BCUT2D eigenvalue weighted by atomic mass is 32.1. The second-order valence-corrected chi connectivity index (χ2v) is 9.03. The lowest BCUT2D eigenvalue weighted by Crippen LogP contribution is -2.46. The van der Waals surface area contributed by atoms with Crippen LogP contribution in [0.4, 0.5) is 5.82 Å². The summed E-state index contributed by atoms with van der Waals surface area (Å²) in [4.78, 5) is 15.2. The largest absolute Gasteiger partial charge is 0.356 e. The summed E-state index contributed by atoms with van der Waals surface area (Å²) in [5, 5.41) is 9.04. The lowest BCUT2D eigenvalue weighted by molar-refractivity contribution is 0.270. The van der Waals surface area contributed by atoms with Gasteiger partial charge in [0.25, 0.3) is 0 Å². The number of aromatic nitrogens is 1. The first kappa shape index (κ1) is 21.6. The van der Waals surface area contributed by atoms with Gasteiger partial charge in [0, 0.05) is 62.8 Å². The first-order chi connectivity index (χ1) is 14.0. The molecule has 1 aliphatic heterocycles. The van der Waals surface area contributed by atoms with Gasteiger partial charge in [0.05, 0.1) is 0 Å². The molecular formula is C22H34N6S. The van der Waals surface area contributed by atoms with Crippen LogP contribution in [-0.4, -0.2) is 62.2 Å². The van der Waals surface area contributed by atoms with Crippen molar-refractivity contribution in [1.82, 2.24) is 20.5 Å². The smallest absolute Gasteiger partial charge is 0.191 e. The molecule has 3 heterocycles. The number of hydrogen-bond donors (Lipinski definition) is 2. The summed E-state index contributed by atoms with van der Waals surface area (Å²) < 4.78 is 0. The van der Waals surface area contributed by atoms with Crippen molar-refractivity contribution in [1.29, 1.82) is 0 Å². The average Bonchev–Trinajstić information content (AvgIpc) is 3.30. The van der Waals surface area contributed by atoms with Crippen LogP contribution in [0.2, 0.25) is 0 Å². The zero-order valence-electron chi connectivity index (χ0n) is 18.1. The molecule has 3 rings (SSSR count). The molecule has 2 aromatic rings. The molecule has 0 bridgehead atoms. The first-order valence-electron chi connectivity index (χ1n) is 10.4. The molecule has 7 heteroatoms. The molecule has 1 aliphatic rings. The Labute approximate surface area is 179 Å². The van der Waals surface area contributed by atoms with E-state index in [1.54, 1.807) is 11.3 Å². The minimum absolute atomic E-state index is 0.0657. The van der Waals surface area contributed by atoms with Crippen LogP contribution in [-0.2, 0) is 12.0 Å². The standard InChI is InChI=1S/C22H34N6S/c1-5-27-10-12-28(13-11-27)20-15-18(8-9-24-20)16-25-21(23-4)26-17-22(2,3)19-7-6-14-29-19/h6-9,14-15H,5,10-13,16-17H2,1-4H3,(H2,23,25,26). The molecule has 0 unspecified atom stereocenters. The number of anilines is 1. The van der Waals surface area contributed by atoms with E-state index in [0.29, 0.717) is 0 Å². The third-order valence-electron chi connectivity index (χ3n) is 5.52. The highest BCUT2D eigenvalue weighted by molar-refractivity contribution is 7.10. The second kappa shape index (κ2) is 10.1. The minimum atomic E-state index is 0.0657. The number of pyridine rings is 1. The van der Waals surface area contributed by atoms with Crippen molar-refractivity contribution in [2.45, 2.75) is 32.7 Å². The van der Waals surface area contributed by atoms with Crippen molar-refractivity contribution < 1.29 is 0 Å². The molecule has 158 valence electrons. The number of nitrogens with one attached hydrogen (secondary N) is 2. The molecule has 0 aliphatic carbocycles. The molecule has 6 nitrogen and oxygen atoms in total. The van der Waals surface area contributed by atoms with Gasteiger partial charge >= 0.3 is 0 Å². The van der Waals surface area contributed by atoms with E-state index < -0.39 is 0 Å². The van der Waals surface area contributed by atoms with Gasteiger partial charge < -0.3 is 20.4 Å². The van der Waals surface area contributed by atoms with E-state index in [0.717, 1.165) is 57.6 Å². The molecule has 0 saturated carbocycles. The van der Waals surface area contributed by atoms with E-state index in [9.17, 15) is 0 Å². The predicted molar refractivity (Wildman–Crippen MR) is 124 cm³/mol. The molecule has 1 fully saturated rings. The van der Waals surface area contributed by atoms with Crippen molar-refractivity contribution in [3.8, 4) is 0 Å². The van der Waals surface area contributed by atoms with Crippen LogP contribution in [0, 0.1) is 0 Å². The van der Waals surface area contributed by atoms with Crippen LogP contribution in [0.1, 0.15) is 31.2 Å². The van der Waals surface area contributed by atoms with E-state index in [1.165, 1.54) is 10.4 Å². The summed E-state index contributed by atoms with van der Waals surface area (Å²) in [6, 6.07) is 8.57. The summed E-state index contributed by atoms with van der Waals surface area (Å²) in [5.41, 5.74) is 1.28. The summed E-state index contributed by atoms with van der Waals surface area (Å²) in [6.45, 7) is 13.7. The zero-order valence-corrected chi connectivity index (χ0v) is 18.9. The normalized spacial score (nSPS) is 16.1. The van der Waals surface area contributed by atoms with Crippen LogP contribution < -0.4 is 15.5 Å². The number of guanidine groups is 1. The van der Waals surface area contributed by atoms with Gasteiger partial charge in [0.15, 0.2) is 5.96 Å². The Kier molecular flexibility index (Phi) is 7.50. The van der Waals surface area contributed by atoms with Gasteiger partial charge in [-0.1, -0.05) is 26.8 Å². The second-order valence-electron chi connectivity index (χ2n) is 8.08. The van der Waals surface area contributed by atoms with Gasteiger partial charge in [-0.05, 0) is 35.7 Å². The molecular weight excluding hydrogens is 380 g/mol. The molecule has 0 atom stereocenters.